The van der Waals surface area contributed by atoms with Crippen LogP contribution in [0, 0.1) is 0 Å². The number of aliphatic carboxylic acids is 1. The fourth-order valence-electron chi connectivity index (χ4n) is 2.95. The van der Waals surface area contributed by atoms with Gasteiger partial charge in [0.05, 0.1) is 17.0 Å². The number of rotatable bonds is 4. The summed E-state index contributed by atoms with van der Waals surface area (Å²) in [5.41, 5.74) is 2.37. The average Bonchev–Trinajstić information content (AvgIpc) is 2.76. The molecule has 0 spiro atoms. The molecule has 0 bridgehead atoms. The summed E-state index contributed by atoms with van der Waals surface area (Å²) < 4.78 is 26.8. The topological polar surface area (TPSA) is 104 Å². The SMILES string of the molecule is C[C@H](NS(=O)(=O)c1cc2c3c(c1)CC(=O)N3CCC2)C(=O)O. The Hall–Kier alpha value is -1.93. The summed E-state index contributed by atoms with van der Waals surface area (Å²) in [5.74, 6) is -1.26. The van der Waals surface area contributed by atoms with Crippen molar-refractivity contribution in [1.82, 2.24) is 4.72 Å². The first kappa shape index (κ1) is 15.0. The van der Waals surface area contributed by atoms with Crippen molar-refractivity contribution in [2.45, 2.75) is 37.1 Å². The van der Waals surface area contributed by atoms with Crippen LogP contribution in [0.4, 0.5) is 5.69 Å². The number of nitrogens with zero attached hydrogens (tertiary/aromatic N) is 1. The fourth-order valence-corrected chi connectivity index (χ4v) is 4.25. The lowest BCUT2D eigenvalue weighted by atomic mass is 10.0. The standard InChI is InChI=1S/C14H16N2O5S/c1-8(14(18)19)15-22(20,21)11-5-9-3-2-4-16-12(17)7-10(6-11)13(9)16/h5-6,8,15H,2-4,7H2,1H3,(H,18,19)/t8-/m0/s1. The van der Waals surface area contributed by atoms with E-state index in [1.54, 1.807) is 11.0 Å². The highest BCUT2D eigenvalue weighted by Gasteiger charge is 2.34. The van der Waals surface area contributed by atoms with Crippen molar-refractivity contribution in [2.24, 2.45) is 0 Å². The van der Waals surface area contributed by atoms with Gasteiger partial charge in [0, 0.05) is 6.54 Å². The van der Waals surface area contributed by atoms with E-state index in [1.165, 1.54) is 13.0 Å². The van der Waals surface area contributed by atoms with Gasteiger partial charge in [0.25, 0.3) is 0 Å². The third-order valence-corrected chi connectivity index (χ3v) is 5.51. The molecule has 1 atom stereocenters. The molecule has 0 saturated heterocycles. The van der Waals surface area contributed by atoms with E-state index >= 15 is 0 Å². The Labute approximate surface area is 128 Å². The highest BCUT2D eigenvalue weighted by atomic mass is 32.2. The predicted octanol–water partition coefficient (Wildman–Crippen LogP) is 0.273. The number of hydrogen-bond donors (Lipinski definition) is 2. The number of hydrogen-bond acceptors (Lipinski definition) is 4. The van der Waals surface area contributed by atoms with Gasteiger partial charge in [-0.1, -0.05) is 0 Å². The number of amides is 1. The van der Waals surface area contributed by atoms with E-state index < -0.39 is 22.0 Å². The van der Waals surface area contributed by atoms with Gasteiger partial charge < -0.3 is 10.0 Å². The van der Waals surface area contributed by atoms with Gasteiger partial charge >= 0.3 is 5.97 Å². The van der Waals surface area contributed by atoms with Crippen LogP contribution in [0.1, 0.15) is 24.5 Å². The molecule has 22 heavy (non-hydrogen) atoms. The van der Waals surface area contributed by atoms with Gasteiger partial charge in [-0.25, -0.2) is 8.42 Å². The Morgan fingerprint density at radius 1 is 1.36 bits per heavy atom. The summed E-state index contributed by atoms with van der Waals surface area (Å²) in [5, 5.41) is 8.85. The first-order valence-electron chi connectivity index (χ1n) is 7.01. The van der Waals surface area contributed by atoms with Crippen molar-refractivity contribution in [3.8, 4) is 0 Å². The second-order valence-electron chi connectivity index (χ2n) is 5.60. The molecule has 0 radical (unpaired) electrons. The van der Waals surface area contributed by atoms with Crippen LogP contribution in [0.15, 0.2) is 17.0 Å². The zero-order valence-electron chi connectivity index (χ0n) is 12.0. The number of carboxylic acid groups (broad SMARTS) is 1. The summed E-state index contributed by atoms with van der Waals surface area (Å²) in [6.45, 7) is 1.93. The summed E-state index contributed by atoms with van der Waals surface area (Å²) in [6, 6.07) is 1.80. The molecule has 2 N–H and O–H groups in total. The molecular formula is C14H16N2O5S. The molecule has 7 nitrogen and oxygen atoms in total. The lowest BCUT2D eigenvalue weighted by molar-refractivity contribution is -0.138. The number of sulfonamides is 1. The summed E-state index contributed by atoms with van der Waals surface area (Å²) in [7, 11) is -3.93. The van der Waals surface area contributed by atoms with Crippen LogP contribution in [0.3, 0.4) is 0 Å². The third-order valence-electron chi connectivity index (χ3n) is 3.99. The summed E-state index contributed by atoms with van der Waals surface area (Å²) >= 11 is 0. The molecule has 0 unspecified atom stereocenters. The number of nitrogens with one attached hydrogen (secondary N) is 1. The minimum absolute atomic E-state index is 0.0163. The molecule has 2 aliphatic rings. The number of carbonyl (C=O) groups is 2. The maximum absolute atomic E-state index is 12.3. The average molecular weight is 324 g/mol. The van der Waals surface area contributed by atoms with E-state index in [0.717, 1.165) is 17.7 Å². The van der Waals surface area contributed by atoms with Crippen molar-refractivity contribution in [1.29, 1.82) is 0 Å². The van der Waals surface area contributed by atoms with E-state index in [0.29, 0.717) is 18.5 Å². The molecule has 1 aromatic rings. The number of anilines is 1. The first-order valence-corrected chi connectivity index (χ1v) is 8.49. The minimum atomic E-state index is -3.93. The monoisotopic (exact) mass is 324 g/mol. The summed E-state index contributed by atoms with van der Waals surface area (Å²) in [4.78, 5) is 24.5. The first-order chi connectivity index (χ1) is 10.3. The summed E-state index contributed by atoms with van der Waals surface area (Å²) in [6.07, 6.45) is 1.70. The van der Waals surface area contributed by atoms with E-state index in [4.69, 9.17) is 5.11 Å². The lowest BCUT2D eigenvalue weighted by Crippen LogP contribution is -2.38. The third kappa shape index (κ3) is 2.38. The van der Waals surface area contributed by atoms with Crippen molar-refractivity contribution in [3.63, 3.8) is 0 Å². The number of carbonyl (C=O) groups excluding carboxylic acids is 1. The van der Waals surface area contributed by atoms with Gasteiger partial charge in [-0.2, -0.15) is 4.72 Å². The molecule has 2 aliphatic heterocycles. The number of carboxylic acids is 1. The van der Waals surface area contributed by atoms with Crippen LogP contribution < -0.4 is 9.62 Å². The van der Waals surface area contributed by atoms with Crippen LogP contribution in [0.2, 0.25) is 0 Å². The van der Waals surface area contributed by atoms with Crippen molar-refractivity contribution in [3.05, 3.63) is 23.3 Å². The van der Waals surface area contributed by atoms with Crippen molar-refractivity contribution < 1.29 is 23.1 Å². The quantitative estimate of drug-likeness (QED) is 0.827. The fraction of sp³-hybridized carbons (Fsp3) is 0.429. The minimum Gasteiger partial charge on any atom is -0.480 e. The highest BCUT2D eigenvalue weighted by molar-refractivity contribution is 7.89. The predicted molar refractivity (Wildman–Crippen MR) is 78.2 cm³/mol. The Kier molecular flexibility index (Phi) is 3.45. The highest BCUT2D eigenvalue weighted by Crippen LogP contribution is 2.38. The molecule has 118 valence electrons. The molecule has 0 fully saturated rings. The Balaban J connectivity index is 2.02. The van der Waals surface area contributed by atoms with Gasteiger partial charge in [-0.3, -0.25) is 9.59 Å². The number of aryl methyl sites for hydroxylation is 1. The van der Waals surface area contributed by atoms with Crippen LogP contribution in [-0.2, 0) is 32.5 Å². The zero-order valence-corrected chi connectivity index (χ0v) is 12.8. The van der Waals surface area contributed by atoms with E-state index in [-0.39, 0.29) is 17.2 Å². The van der Waals surface area contributed by atoms with Crippen LogP contribution in [0.25, 0.3) is 0 Å². The molecule has 0 aromatic heterocycles. The molecule has 3 rings (SSSR count). The Bertz CT molecular complexity index is 772. The van der Waals surface area contributed by atoms with Gasteiger partial charge in [0.2, 0.25) is 15.9 Å². The Morgan fingerprint density at radius 3 is 2.73 bits per heavy atom. The molecule has 1 aromatic carbocycles. The van der Waals surface area contributed by atoms with E-state index in [9.17, 15) is 18.0 Å². The van der Waals surface area contributed by atoms with Crippen LogP contribution in [-0.4, -0.2) is 38.0 Å². The smallest absolute Gasteiger partial charge is 0.321 e. The largest absolute Gasteiger partial charge is 0.480 e. The molecule has 1 amide bonds. The normalized spacial score (nSPS) is 18.2. The molecule has 8 heteroatoms. The lowest BCUT2D eigenvalue weighted by Gasteiger charge is -2.26. The van der Waals surface area contributed by atoms with Gasteiger partial charge in [0.1, 0.15) is 6.04 Å². The van der Waals surface area contributed by atoms with Crippen LogP contribution >= 0.6 is 0 Å². The van der Waals surface area contributed by atoms with Crippen LogP contribution in [0.5, 0.6) is 0 Å². The van der Waals surface area contributed by atoms with Gasteiger partial charge in [-0.05, 0) is 43.0 Å². The van der Waals surface area contributed by atoms with Crippen molar-refractivity contribution in [2.75, 3.05) is 11.4 Å². The second-order valence-corrected chi connectivity index (χ2v) is 7.31. The van der Waals surface area contributed by atoms with Gasteiger partial charge in [0.15, 0.2) is 0 Å². The Morgan fingerprint density at radius 2 is 2.05 bits per heavy atom. The van der Waals surface area contributed by atoms with E-state index in [2.05, 4.69) is 4.72 Å². The maximum Gasteiger partial charge on any atom is 0.321 e. The number of benzene rings is 1. The molecule has 0 aliphatic carbocycles. The molecule has 2 heterocycles. The van der Waals surface area contributed by atoms with E-state index in [1.807, 2.05) is 0 Å². The van der Waals surface area contributed by atoms with Crippen molar-refractivity contribution >= 4 is 27.6 Å². The van der Waals surface area contributed by atoms with Gasteiger partial charge in [-0.15, -0.1) is 0 Å². The molecule has 0 saturated carbocycles. The maximum atomic E-state index is 12.3. The molecular weight excluding hydrogens is 308 g/mol. The zero-order chi connectivity index (χ0) is 16.1. The second kappa shape index (κ2) is 5.06.